The fraction of sp³-hybridized carbons (Fsp3) is 0.579. The Morgan fingerprint density at radius 1 is 1.00 bits per heavy atom. The fourth-order valence-corrected chi connectivity index (χ4v) is 4.74. The van der Waals surface area contributed by atoms with Crippen molar-refractivity contribution in [2.24, 2.45) is 0 Å². The van der Waals surface area contributed by atoms with Gasteiger partial charge in [0.15, 0.2) is 0 Å². The molecule has 8 heteroatoms. The highest BCUT2D eigenvalue weighted by molar-refractivity contribution is 7.15. The van der Waals surface area contributed by atoms with Gasteiger partial charge in [-0.3, -0.25) is 5.32 Å². The number of rotatable bonds is 4. The summed E-state index contributed by atoms with van der Waals surface area (Å²) < 4.78 is 0. The minimum Gasteiger partial charge on any atom is -0.357 e. The van der Waals surface area contributed by atoms with Gasteiger partial charge in [0.25, 0.3) is 0 Å². The summed E-state index contributed by atoms with van der Waals surface area (Å²) in [6, 6.07) is 3.55. The molecule has 7 nitrogen and oxygen atoms in total. The van der Waals surface area contributed by atoms with Crippen molar-refractivity contribution in [2.45, 2.75) is 57.3 Å². The second-order valence-electron chi connectivity index (χ2n) is 7.31. The van der Waals surface area contributed by atoms with Crippen molar-refractivity contribution in [1.82, 2.24) is 15.2 Å². The summed E-state index contributed by atoms with van der Waals surface area (Å²) in [5.41, 5.74) is 0.672. The van der Waals surface area contributed by atoms with Gasteiger partial charge >= 0.3 is 6.03 Å². The Balaban J connectivity index is 1.30. The van der Waals surface area contributed by atoms with E-state index < -0.39 is 0 Å². The van der Waals surface area contributed by atoms with Crippen LogP contribution in [0, 0.1) is 0 Å². The highest BCUT2D eigenvalue weighted by Crippen LogP contribution is 2.35. The monoisotopic (exact) mass is 386 g/mol. The summed E-state index contributed by atoms with van der Waals surface area (Å²) in [7, 11) is 0. The van der Waals surface area contributed by atoms with Gasteiger partial charge in [0, 0.05) is 19.0 Å². The maximum absolute atomic E-state index is 12.2. The molecule has 144 valence electrons. The standard InChI is InChI=1S/C19H26N6OS/c26-18(22-19-24-23-17(27-19)14-7-3-1-4-8-14)21-15-9-10-16(20-13-15)25-11-5-2-6-12-25/h9-10,13-14H,1-8,11-12H2,(H2,21,22,24,26). The lowest BCUT2D eigenvalue weighted by Crippen LogP contribution is -2.30. The number of carbonyl (C=O) groups excluding carboxylic acids is 1. The molecule has 0 aromatic carbocycles. The number of hydrogen-bond donors (Lipinski definition) is 2. The highest BCUT2D eigenvalue weighted by atomic mass is 32.1. The topological polar surface area (TPSA) is 83.0 Å². The first-order valence-corrected chi connectivity index (χ1v) is 10.7. The molecule has 0 spiro atoms. The molecule has 2 N–H and O–H groups in total. The lowest BCUT2D eigenvalue weighted by Gasteiger charge is -2.27. The first kappa shape index (κ1) is 18.2. The van der Waals surface area contributed by atoms with Gasteiger partial charge in [0.05, 0.1) is 11.9 Å². The molecular weight excluding hydrogens is 360 g/mol. The third kappa shape index (κ3) is 4.74. The zero-order valence-electron chi connectivity index (χ0n) is 15.5. The number of nitrogens with zero attached hydrogens (tertiary/aromatic N) is 4. The Bertz CT molecular complexity index is 750. The van der Waals surface area contributed by atoms with Crippen molar-refractivity contribution in [1.29, 1.82) is 0 Å². The normalized spacial score (nSPS) is 18.3. The van der Waals surface area contributed by atoms with E-state index in [4.69, 9.17) is 0 Å². The van der Waals surface area contributed by atoms with Gasteiger partial charge in [-0.15, -0.1) is 10.2 Å². The van der Waals surface area contributed by atoms with Crippen molar-refractivity contribution in [3.8, 4) is 0 Å². The Morgan fingerprint density at radius 2 is 1.78 bits per heavy atom. The van der Waals surface area contributed by atoms with E-state index >= 15 is 0 Å². The maximum atomic E-state index is 12.2. The molecule has 2 aromatic heterocycles. The second-order valence-corrected chi connectivity index (χ2v) is 8.32. The molecule has 27 heavy (non-hydrogen) atoms. The Hall–Kier alpha value is -2.22. The van der Waals surface area contributed by atoms with Crippen LogP contribution in [0.15, 0.2) is 18.3 Å². The van der Waals surface area contributed by atoms with Crippen LogP contribution in [0.3, 0.4) is 0 Å². The summed E-state index contributed by atoms with van der Waals surface area (Å²) in [5.74, 6) is 1.48. The average molecular weight is 387 g/mol. The number of amides is 2. The zero-order valence-corrected chi connectivity index (χ0v) is 16.3. The Labute approximate surface area is 163 Å². The molecule has 2 aromatic rings. The van der Waals surface area contributed by atoms with Gasteiger partial charge < -0.3 is 10.2 Å². The van der Waals surface area contributed by atoms with Crippen molar-refractivity contribution in [3.05, 3.63) is 23.3 Å². The molecule has 0 bridgehead atoms. The van der Waals surface area contributed by atoms with E-state index in [1.54, 1.807) is 6.20 Å². The largest absolute Gasteiger partial charge is 0.357 e. The summed E-state index contributed by atoms with van der Waals surface area (Å²) in [6.07, 6.45) is 11.6. The third-order valence-corrected chi connectivity index (χ3v) is 6.30. The molecule has 0 radical (unpaired) electrons. The van der Waals surface area contributed by atoms with Gasteiger partial charge in [-0.1, -0.05) is 30.6 Å². The van der Waals surface area contributed by atoms with Crippen LogP contribution in [0.4, 0.5) is 21.4 Å². The molecule has 0 unspecified atom stereocenters. The van der Waals surface area contributed by atoms with Crippen LogP contribution in [0.1, 0.15) is 62.3 Å². The van der Waals surface area contributed by atoms with Crippen molar-refractivity contribution < 1.29 is 4.79 Å². The van der Waals surface area contributed by atoms with Crippen LogP contribution in [-0.4, -0.2) is 34.3 Å². The SMILES string of the molecule is O=C(Nc1ccc(N2CCCCC2)nc1)Nc1nnc(C2CCCCC2)s1. The summed E-state index contributed by atoms with van der Waals surface area (Å²) in [4.78, 5) is 19.0. The smallest absolute Gasteiger partial charge is 0.325 e. The molecule has 1 aliphatic carbocycles. The lowest BCUT2D eigenvalue weighted by molar-refractivity contribution is 0.262. The quantitative estimate of drug-likeness (QED) is 0.801. The maximum Gasteiger partial charge on any atom is 0.325 e. The molecule has 0 atom stereocenters. The molecule has 4 rings (SSSR count). The zero-order chi connectivity index (χ0) is 18.5. The summed E-state index contributed by atoms with van der Waals surface area (Å²) in [5, 5.41) is 15.6. The molecular formula is C19H26N6OS. The lowest BCUT2D eigenvalue weighted by atomic mass is 9.90. The van der Waals surface area contributed by atoms with Gasteiger partial charge in [0.2, 0.25) is 5.13 Å². The Morgan fingerprint density at radius 3 is 2.52 bits per heavy atom. The Kier molecular flexibility index (Phi) is 5.81. The van der Waals surface area contributed by atoms with Crippen molar-refractivity contribution >= 4 is 34.0 Å². The number of carbonyl (C=O) groups is 1. The minimum atomic E-state index is -0.311. The van der Waals surface area contributed by atoms with Crippen molar-refractivity contribution in [2.75, 3.05) is 28.6 Å². The van der Waals surface area contributed by atoms with Crippen LogP contribution in [0.5, 0.6) is 0 Å². The third-order valence-electron chi connectivity index (χ3n) is 5.30. The summed E-state index contributed by atoms with van der Waals surface area (Å²) >= 11 is 1.48. The van der Waals surface area contributed by atoms with Crippen LogP contribution >= 0.6 is 11.3 Å². The van der Waals surface area contributed by atoms with E-state index in [2.05, 4.69) is 30.7 Å². The molecule has 3 heterocycles. The number of pyridine rings is 1. The van der Waals surface area contributed by atoms with E-state index in [9.17, 15) is 4.79 Å². The minimum absolute atomic E-state index is 0.311. The predicted molar refractivity (Wildman–Crippen MR) is 109 cm³/mol. The van der Waals surface area contributed by atoms with Crippen LogP contribution in [0.25, 0.3) is 0 Å². The number of nitrogens with one attached hydrogen (secondary N) is 2. The number of hydrogen-bond acceptors (Lipinski definition) is 6. The van der Waals surface area contributed by atoms with E-state index in [0.717, 1.165) is 23.9 Å². The first-order chi connectivity index (χ1) is 13.3. The first-order valence-electron chi connectivity index (χ1n) is 9.90. The van der Waals surface area contributed by atoms with Gasteiger partial charge in [-0.25, -0.2) is 9.78 Å². The van der Waals surface area contributed by atoms with E-state index in [0.29, 0.717) is 16.7 Å². The molecule has 1 saturated heterocycles. The predicted octanol–water partition coefficient (Wildman–Crippen LogP) is 4.62. The van der Waals surface area contributed by atoms with Crippen LogP contribution in [0.2, 0.25) is 0 Å². The average Bonchev–Trinajstić information content (AvgIpc) is 3.18. The second kappa shape index (κ2) is 8.65. The van der Waals surface area contributed by atoms with Gasteiger partial charge in [-0.2, -0.15) is 0 Å². The van der Waals surface area contributed by atoms with E-state index in [-0.39, 0.29) is 6.03 Å². The van der Waals surface area contributed by atoms with Crippen molar-refractivity contribution in [3.63, 3.8) is 0 Å². The molecule has 2 aliphatic rings. The number of urea groups is 1. The summed E-state index contributed by atoms with van der Waals surface area (Å²) in [6.45, 7) is 2.11. The molecule has 1 aliphatic heterocycles. The van der Waals surface area contributed by atoms with Gasteiger partial charge in [0.1, 0.15) is 10.8 Å². The number of piperidine rings is 1. The fourth-order valence-electron chi connectivity index (χ4n) is 3.83. The molecule has 2 amide bonds. The van der Waals surface area contributed by atoms with E-state index in [1.165, 1.54) is 62.7 Å². The molecule has 1 saturated carbocycles. The van der Waals surface area contributed by atoms with E-state index in [1.807, 2.05) is 12.1 Å². The van der Waals surface area contributed by atoms with Crippen LogP contribution < -0.4 is 15.5 Å². The highest BCUT2D eigenvalue weighted by Gasteiger charge is 2.20. The number of anilines is 3. The number of aromatic nitrogens is 3. The van der Waals surface area contributed by atoms with Gasteiger partial charge in [-0.05, 0) is 44.2 Å². The van der Waals surface area contributed by atoms with Crippen LogP contribution in [-0.2, 0) is 0 Å². The molecule has 2 fully saturated rings.